The van der Waals surface area contributed by atoms with Crippen LogP contribution in [0.15, 0.2) is 54.9 Å². The Kier molecular flexibility index (Phi) is 9.49. The van der Waals surface area contributed by atoms with Crippen LogP contribution in [0.3, 0.4) is 0 Å². The summed E-state index contributed by atoms with van der Waals surface area (Å²) in [4.78, 5) is 81.2. The van der Waals surface area contributed by atoms with Gasteiger partial charge in [-0.1, -0.05) is 17.4 Å². The number of hydrogen-bond acceptors (Lipinski definition) is 13. The van der Waals surface area contributed by atoms with E-state index >= 15 is 0 Å². The van der Waals surface area contributed by atoms with Crippen LogP contribution in [-0.4, -0.2) is 140 Å². The van der Waals surface area contributed by atoms with Crippen LogP contribution >= 0.6 is 11.3 Å². The first-order chi connectivity index (χ1) is 28.2. The van der Waals surface area contributed by atoms with E-state index in [1.54, 1.807) is 28.9 Å². The lowest BCUT2D eigenvalue weighted by Crippen LogP contribution is -2.56. The molecule has 0 spiro atoms. The first-order valence-electron chi connectivity index (χ1n) is 18.9. The van der Waals surface area contributed by atoms with E-state index in [4.69, 9.17) is 11.6 Å². The summed E-state index contributed by atoms with van der Waals surface area (Å²) in [7, 11) is 1.85. The van der Waals surface area contributed by atoms with Crippen LogP contribution in [-0.2, 0) is 16.1 Å². The fourth-order valence-corrected chi connectivity index (χ4v) is 8.85. The van der Waals surface area contributed by atoms with Crippen LogP contribution in [0.1, 0.15) is 39.1 Å². The van der Waals surface area contributed by atoms with E-state index in [9.17, 15) is 24.0 Å². The van der Waals surface area contributed by atoms with Gasteiger partial charge in [0.15, 0.2) is 5.01 Å². The number of pyridine rings is 1. The first-order valence-corrected chi connectivity index (χ1v) is 19.7. The molecule has 0 saturated carbocycles. The molecule has 8 heterocycles. The molecule has 4 aromatic heterocycles. The number of hydrogen-bond donors (Lipinski definition) is 2. The molecule has 1 atom stereocenters. The molecule has 6 amide bonds. The lowest BCUT2D eigenvalue weighted by Gasteiger charge is -2.40. The summed E-state index contributed by atoms with van der Waals surface area (Å²) in [6, 6.07) is 11.8. The van der Waals surface area contributed by atoms with Gasteiger partial charge in [0.1, 0.15) is 6.04 Å². The van der Waals surface area contributed by atoms with E-state index in [1.165, 1.54) is 17.5 Å². The maximum atomic E-state index is 13.6. The first kappa shape index (κ1) is 36.8. The van der Waals surface area contributed by atoms with Gasteiger partial charge in [0.25, 0.3) is 11.8 Å². The predicted octanol–water partition coefficient (Wildman–Crippen LogP) is 2.97. The lowest BCUT2D eigenvalue weighted by atomic mass is 10.0. The second-order valence-electron chi connectivity index (χ2n) is 14.5. The van der Waals surface area contributed by atoms with Gasteiger partial charge in [0.05, 0.1) is 46.4 Å². The van der Waals surface area contributed by atoms with Crippen molar-refractivity contribution in [3.8, 4) is 22.0 Å². The summed E-state index contributed by atoms with van der Waals surface area (Å²) in [5.74, 6) is -2.09. The number of fused-ring (bicyclic) bond motifs is 2. The molecule has 1 aromatic carbocycles. The Hall–Kier alpha value is -6.78. The van der Waals surface area contributed by atoms with Crippen molar-refractivity contribution in [1.82, 2.24) is 49.7 Å². The van der Waals surface area contributed by atoms with Gasteiger partial charge in [-0.05, 0) is 48.4 Å². The highest BCUT2D eigenvalue weighted by Gasteiger charge is 2.44. The Morgan fingerprint density at radius 3 is 2.40 bits per heavy atom. The fourth-order valence-electron chi connectivity index (χ4n) is 7.93. The molecule has 3 saturated heterocycles. The number of rotatable bonds is 7. The Morgan fingerprint density at radius 1 is 0.897 bits per heavy atom. The average Bonchev–Trinajstić information content (AvgIpc) is 3.97. The number of carbonyl (C=O) groups is 5. The molecule has 19 heteroatoms. The molecule has 18 nitrogen and oxygen atoms in total. The van der Waals surface area contributed by atoms with Gasteiger partial charge >= 0.3 is 6.03 Å². The van der Waals surface area contributed by atoms with E-state index < -0.39 is 29.7 Å². The molecular weight excluding hydrogens is 763 g/mol. The van der Waals surface area contributed by atoms with E-state index in [0.29, 0.717) is 64.6 Å². The van der Waals surface area contributed by atoms with Gasteiger partial charge in [-0.25, -0.2) is 14.2 Å². The number of nitrogens with zero attached hydrogens (tertiary/aromatic N) is 11. The van der Waals surface area contributed by atoms with Gasteiger partial charge in [0.2, 0.25) is 22.6 Å². The van der Waals surface area contributed by atoms with Crippen LogP contribution in [0.5, 0.6) is 0 Å². The van der Waals surface area contributed by atoms with Crippen molar-refractivity contribution in [2.75, 3.05) is 69.6 Å². The molecule has 1 unspecified atom stereocenters. The van der Waals surface area contributed by atoms with E-state index in [0.717, 1.165) is 48.8 Å². The third kappa shape index (κ3) is 6.65. The normalized spacial score (nSPS) is 18.8. The molecule has 2 N–H and O–H groups in total. The molecular formula is C39H37N13O5S. The van der Waals surface area contributed by atoms with E-state index in [-0.39, 0.29) is 30.0 Å². The molecule has 4 aliphatic rings. The molecule has 0 bridgehead atoms. The Balaban J connectivity index is 0.775. The summed E-state index contributed by atoms with van der Waals surface area (Å²) in [6.07, 6.45) is 3.50. The van der Waals surface area contributed by atoms with Crippen molar-refractivity contribution in [3.63, 3.8) is 0 Å². The quantitative estimate of drug-likeness (QED) is 0.182. The van der Waals surface area contributed by atoms with Crippen molar-refractivity contribution in [2.45, 2.75) is 25.4 Å². The number of aromatic nitrogens is 5. The number of piperazine rings is 2. The molecule has 294 valence electrons. The molecule has 4 aliphatic heterocycles. The molecule has 9 rings (SSSR count). The summed E-state index contributed by atoms with van der Waals surface area (Å²) in [6.45, 7) is 12.6. The SMILES string of the molecule is [C-]#[N+]c1cnn2c(-c3cc(NC)c(-c4nnc(N5CCN(C(=O)N6CCN(Cc7ccc8c(c7)C(=O)N(C7CCC(=O)NC7=O)C8=O)CC6)CC5)s4)cn3)ccc2c1. The van der Waals surface area contributed by atoms with Gasteiger partial charge in [-0.2, -0.15) is 5.10 Å². The highest BCUT2D eigenvalue weighted by molar-refractivity contribution is 7.18. The fraction of sp³-hybridized carbons (Fsp3) is 0.333. The average molecular weight is 800 g/mol. The van der Waals surface area contributed by atoms with Crippen LogP contribution < -0.4 is 15.5 Å². The molecule has 0 radical (unpaired) electrons. The standard InChI is InChI=1S/C39H37N13O5S/c1-40-24-18-25-4-6-31(52(25)43-20-24)30-19-29(41-2)28(21-42-30)35-45-46-38(58-35)48-13-15-50(16-14-48)39(57)49-11-9-47(10-12-49)22-23-3-5-26-27(17-23)37(56)51(36(26)55)32-7-8-33(53)44-34(32)54/h3-6,17-21,32H,7-16,22H2,2H3,(H,41,42)(H,44,53,54). The molecule has 5 aromatic rings. The summed E-state index contributed by atoms with van der Waals surface area (Å²) >= 11 is 1.48. The van der Waals surface area contributed by atoms with E-state index in [2.05, 4.69) is 40.6 Å². The van der Waals surface area contributed by atoms with Crippen molar-refractivity contribution in [2.24, 2.45) is 0 Å². The number of carbonyl (C=O) groups excluding carboxylic acids is 5. The van der Waals surface area contributed by atoms with Crippen LogP contribution in [0, 0.1) is 6.57 Å². The van der Waals surface area contributed by atoms with Crippen LogP contribution in [0.2, 0.25) is 0 Å². The summed E-state index contributed by atoms with van der Waals surface area (Å²) < 4.78 is 1.76. The second kappa shape index (κ2) is 14.9. The van der Waals surface area contributed by atoms with Crippen LogP contribution in [0.25, 0.3) is 32.3 Å². The van der Waals surface area contributed by atoms with Gasteiger partial charge in [0, 0.05) is 84.3 Å². The number of piperidine rings is 1. The maximum absolute atomic E-state index is 13.6. The van der Waals surface area contributed by atoms with E-state index in [1.807, 2.05) is 41.1 Å². The predicted molar refractivity (Wildman–Crippen MR) is 212 cm³/mol. The smallest absolute Gasteiger partial charge is 0.320 e. The maximum Gasteiger partial charge on any atom is 0.320 e. The Labute approximate surface area is 335 Å². The minimum atomic E-state index is -1.00. The minimum Gasteiger partial charge on any atom is -0.387 e. The van der Waals surface area contributed by atoms with Gasteiger partial charge < -0.3 is 20.0 Å². The zero-order valence-electron chi connectivity index (χ0n) is 31.4. The van der Waals surface area contributed by atoms with Gasteiger partial charge in [-0.15, -0.1) is 10.2 Å². The topological polar surface area (TPSA) is 186 Å². The lowest BCUT2D eigenvalue weighted by molar-refractivity contribution is -0.136. The van der Waals surface area contributed by atoms with Crippen molar-refractivity contribution >= 4 is 63.0 Å². The Bertz CT molecular complexity index is 2550. The third-order valence-corrected chi connectivity index (χ3v) is 12.1. The van der Waals surface area contributed by atoms with Crippen LogP contribution in [0.4, 0.5) is 21.3 Å². The van der Waals surface area contributed by atoms with Crippen molar-refractivity contribution in [3.05, 3.63) is 83.0 Å². The summed E-state index contributed by atoms with van der Waals surface area (Å²) in [5.41, 5.74) is 5.85. The third-order valence-electron chi connectivity index (χ3n) is 11.1. The molecule has 58 heavy (non-hydrogen) atoms. The zero-order chi connectivity index (χ0) is 40.1. The number of urea groups is 1. The van der Waals surface area contributed by atoms with Gasteiger partial charge in [-0.3, -0.25) is 39.3 Å². The van der Waals surface area contributed by atoms with Crippen molar-refractivity contribution < 1.29 is 24.0 Å². The second-order valence-corrected chi connectivity index (χ2v) is 15.4. The number of anilines is 2. The monoisotopic (exact) mass is 799 g/mol. The number of amides is 6. The number of imide groups is 2. The largest absolute Gasteiger partial charge is 0.387 e. The highest BCUT2D eigenvalue weighted by Crippen LogP contribution is 2.36. The zero-order valence-corrected chi connectivity index (χ0v) is 32.2. The summed E-state index contributed by atoms with van der Waals surface area (Å²) in [5, 5.41) is 20.4. The molecule has 3 fully saturated rings. The molecule has 0 aliphatic carbocycles. The number of benzene rings is 1. The number of nitrogens with one attached hydrogen (secondary N) is 2. The minimum absolute atomic E-state index is 0.00931. The van der Waals surface area contributed by atoms with Crippen molar-refractivity contribution in [1.29, 1.82) is 0 Å². The Morgan fingerprint density at radius 2 is 1.66 bits per heavy atom. The highest BCUT2D eigenvalue weighted by atomic mass is 32.1.